The number of nitrogens with two attached hydrogens (primary N) is 1. The second-order valence-corrected chi connectivity index (χ2v) is 4.99. The summed E-state index contributed by atoms with van der Waals surface area (Å²) in [5.74, 6) is -0.0676. The van der Waals surface area contributed by atoms with Crippen LogP contribution in [0, 0.1) is 16.7 Å². The van der Waals surface area contributed by atoms with E-state index in [4.69, 9.17) is 11.0 Å². The van der Waals surface area contributed by atoms with Crippen molar-refractivity contribution < 1.29 is 4.79 Å². The van der Waals surface area contributed by atoms with Gasteiger partial charge in [0, 0.05) is 19.0 Å². The summed E-state index contributed by atoms with van der Waals surface area (Å²) in [6.07, 6.45) is 1.50. The van der Waals surface area contributed by atoms with Gasteiger partial charge in [-0.05, 0) is 11.8 Å². The Morgan fingerprint density at radius 3 is 2.60 bits per heavy atom. The van der Waals surface area contributed by atoms with Crippen molar-refractivity contribution in [2.24, 2.45) is 11.1 Å². The van der Waals surface area contributed by atoms with E-state index in [1.54, 1.807) is 0 Å². The molecule has 0 aromatic rings. The molecule has 3 N–H and O–H groups in total. The molecule has 4 nitrogen and oxygen atoms in total. The zero-order chi connectivity index (χ0) is 11.9. The van der Waals surface area contributed by atoms with Crippen LogP contribution in [0.5, 0.6) is 0 Å². The van der Waals surface area contributed by atoms with Gasteiger partial charge in [-0.15, -0.1) is 0 Å². The molecular formula is C11H21N3O. The van der Waals surface area contributed by atoms with E-state index in [-0.39, 0.29) is 17.4 Å². The third kappa shape index (κ3) is 9.23. The SMILES string of the molecule is CC(C)(C)CC(N)CC(=O)NCCC#N. The number of amides is 1. The van der Waals surface area contributed by atoms with Crippen LogP contribution in [0.1, 0.15) is 40.0 Å². The second-order valence-electron chi connectivity index (χ2n) is 4.99. The van der Waals surface area contributed by atoms with Crippen molar-refractivity contribution >= 4 is 5.91 Å². The molecule has 0 aromatic carbocycles. The minimum absolute atomic E-state index is 0.0676. The predicted octanol–water partition coefficient (Wildman–Crippen LogP) is 1.17. The van der Waals surface area contributed by atoms with E-state index >= 15 is 0 Å². The highest BCUT2D eigenvalue weighted by Gasteiger charge is 2.17. The Hall–Kier alpha value is -1.08. The lowest BCUT2D eigenvalue weighted by Gasteiger charge is -2.22. The number of carbonyl (C=O) groups excluding carboxylic acids is 1. The van der Waals surface area contributed by atoms with Crippen LogP contribution < -0.4 is 11.1 Å². The summed E-state index contributed by atoms with van der Waals surface area (Å²) in [6.45, 7) is 6.71. The van der Waals surface area contributed by atoms with Crippen LogP contribution in [-0.2, 0) is 4.79 Å². The molecule has 86 valence electrons. The molecule has 1 unspecified atom stereocenters. The Balaban J connectivity index is 3.73. The van der Waals surface area contributed by atoms with Crippen LogP contribution in [-0.4, -0.2) is 18.5 Å². The molecule has 0 aliphatic heterocycles. The lowest BCUT2D eigenvalue weighted by atomic mass is 9.87. The third-order valence-corrected chi connectivity index (χ3v) is 1.88. The molecule has 0 spiro atoms. The molecule has 15 heavy (non-hydrogen) atoms. The zero-order valence-electron chi connectivity index (χ0n) is 9.84. The highest BCUT2D eigenvalue weighted by molar-refractivity contribution is 5.76. The van der Waals surface area contributed by atoms with Gasteiger partial charge in [0.1, 0.15) is 0 Å². The van der Waals surface area contributed by atoms with Crippen molar-refractivity contribution in [1.82, 2.24) is 5.32 Å². The Bertz CT molecular complexity index is 237. The first-order valence-corrected chi connectivity index (χ1v) is 5.24. The summed E-state index contributed by atoms with van der Waals surface area (Å²) in [4.78, 5) is 11.3. The first-order chi connectivity index (χ1) is 6.85. The number of rotatable bonds is 5. The van der Waals surface area contributed by atoms with Crippen LogP contribution in [0.15, 0.2) is 0 Å². The maximum Gasteiger partial charge on any atom is 0.221 e. The van der Waals surface area contributed by atoms with Gasteiger partial charge in [0.2, 0.25) is 5.91 Å². The van der Waals surface area contributed by atoms with Crippen LogP contribution >= 0.6 is 0 Å². The summed E-state index contributed by atoms with van der Waals surface area (Å²) in [7, 11) is 0. The number of nitrogens with zero attached hydrogens (tertiary/aromatic N) is 1. The van der Waals surface area contributed by atoms with Crippen molar-refractivity contribution in [3.8, 4) is 6.07 Å². The highest BCUT2D eigenvalue weighted by Crippen LogP contribution is 2.20. The fraction of sp³-hybridized carbons (Fsp3) is 0.818. The number of hydrogen-bond acceptors (Lipinski definition) is 3. The molecule has 0 bridgehead atoms. The monoisotopic (exact) mass is 211 g/mol. The van der Waals surface area contributed by atoms with Gasteiger partial charge < -0.3 is 11.1 Å². The first kappa shape index (κ1) is 13.9. The van der Waals surface area contributed by atoms with Gasteiger partial charge >= 0.3 is 0 Å². The maximum atomic E-state index is 11.3. The van der Waals surface area contributed by atoms with Gasteiger partial charge in [-0.2, -0.15) is 5.26 Å². The summed E-state index contributed by atoms with van der Waals surface area (Å²) >= 11 is 0. The molecular weight excluding hydrogens is 190 g/mol. The van der Waals surface area contributed by atoms with Crippen molar-refractivity contribution in [3.63, 3.8) is 0 Å². The lowest BCUT2D eigenvalue weighted by molar-refractivity contribution is -0.121. The van der Waals surface area contributed by atoms with Gasteiger partial charge in [0.25, 0.3) is 0 Å². The van der Waals surface area contributed by atoms with E-state index in [0.29, 0.717) is 19.4 Å². The van der Waals surface area contributed by atoms with Crippen molar-refractivity contribution in [2.75, 3.05) is 6.54 Å². The molecule has 0 rings (SSSR count). The summed E-state index contributed by atoms with van der Waals surface area (Å²) in [5, 5.41) is 10.9. The van der Waals surface area contributed by atoms with Crippen LogP contribution in [0.25, 0.3) is 0 Å². The summed E-state index contributed by atoms with van der Waals surface area (Å²) in [5.41, 5.74) is 5.98. The molecule has 1 atom stereocenters. The van der Waals surface area contributed by atoms with Gasteiger partial charge in [-0.3, -0.25) is 4.79 Å². The second kappa shape index (κ2) is 6.41. The fourth-order valence-corrected chi connectivity index (χ4v) is 1.43. The van der Waals surface area contributed by atoms with Gasteiger partial charge in [0.15, 0.2) is 0 Å². The Kier molecular flexibility index (Phi) is 5.95. The van der Waals surface area contributed by atoms with Crippen molar-refractivity contribution in [1.29, 1.82) is 5.26 Å². The molecule has 0 aliphatic rings. The zero-order valence-corrected chi connectivity index (χ0v) is 9.84. The average Bonchev–Trinajstić information content (AvgIpc) is 2.00. The van der Waals surface area contributed by atoms with E-state index in [1.165, 1.54) is 0 Å². The largest absolute Gasteiger partial charge is 0.355 e. The van der Waals surface area contributed by atoms with E-state index < -0.39 is 0 Å². The lowest BCUT2D eigenvalue weighted by Crippen LogP contribution is -2.34. The fourth-order valence-electron chi connectivity index (χ4n) is 1.43. The molecule has 0 radical (unpaired) electrons. The predicted molar refractivity (Wildman–Crippen MR) is 59.9 cm³/mol. The van der Waals surface area contributed by atoms with Crippen LogP contribution in [0.4, 0.5) is 0 Å². The molecule has 0 fully saturated rings. The highest BCUT2D eigenvalue weighted by atomic mass is 16.1. The van der Waals surface area contributed by atoms with Crippen molar-refractivity contribution in [3.05, 3.63) is 0 Å². The van der Waals surface area contributed by atoms with Gasteiger partial charge in [0.05, 0.1) is 12.5 Å². The number of nitriles is 1. The molecule has 0 saturated carbocycles. The van der Waals surface area contributed by atoms with Gasteiger partial charge in [-0.25, -0.2) is 0 Å². The molecule has 0 aliphatic carbocycles. The number of nitrogens with one attached hydrogen (secondary N) is 1. The van der Waals surface area contributed by atoms with Crippen LogP contribution in [0.3, 0.4) is 0 Å². The Morgan fingerprint density at radius 2 is 2.13 bits per heavy atom. The van der Waals surface area contributed by atoms with E-state index in [0.717, 1.165) is 6.42 Å². The number of carbonyl (C=O) groups is 1. The average molecular weight is 211 g/mol. The number of hydrogen-bond donors (Lipinski definition) is 2. The van der Waals surface area contributed by atoms with Crippen molar-refractivity contribution in [2.45, 2.75) is 46.1 Å². The molecule has 4 heteroatoms. The Labute approximate surface area is 91.8 Å². The topological polar surface area (TPSA) is 78.9 Å². The molecule has 1 amide bonds. The maximum absolute atomic E-state index is 11.3. The normalized spacial score (nSPS) is 13.0. The smallest absolute Gasteiger partial charge is 0.221 e. The molecule has 0 aromatic heterocycles. The first-order valence-electron chi connectivity index (χ1n) is 5.24. The van der Waals surface area contributed by atoms with Crippen LogP contribution in [0.2, 0.25) is 0 Å². The van der Waals surface area contributed by atoms with Gasteiger partial charge in [-0.1, -0.05) is 20.8 Å². The summed E-state index contributed by atoms with van der Waals surface area (Å²) in [6, 6.07) is 1.86. The Morgan fingerprint density at radius 1 is 1.53 bits per heavy atom. The van der Waals surface area contributed by atoms with E-state index in [1.807, 2.05) is 6.07 Å². The minimum Gasteiger partial charge on any atom is -0.355 e. The van der Waals surface area contributed by atoms with E-state index in [2.05, 4.69) is 26.1 Å². The molecule has 0 heterocycles. The summed E-state index contributed by atoms with van der Waals surface area (Å²) < 4.78 is 0. The third-order valence-electron chi connectivity index (χ3n) is 1.88. The quantitative estimate of drug-likeness (QED) is 0.670. The minimum atomic E-state index is -0.105. The van der Waals surface area contributed by atoms with E-state index in [9.17, 15) is 4.79 Å². The standard InChI is InChI=1S/C11H21N3O/c1-11(2,3)8-9(13)7-10(15)14-6-4-5-12/h9H,4,6-8,13H2,1-3H3,(H,14,15). The molecule has 0 saturated heterocycles.